The third-order valence-electron chi connectivity index (χ3n) is 4.63. The molecule has 3 heteroatoms. The summed E-state index contributed by atoms with van der Waals surface area (Å²) in [7, 11) is 2.16. The fourth-order valence-electron chi connectivity index (χ4n) is 3.40. The van der Waals surface area contributed by atoms with E-state index in [0.29, 0.717) is 29.8 Å². The summed E-state index contributed by atoms with van der Waals surface area (Å²) in [6, 6.07) is 20.4. The van der Waals surface area contributed by atoms with Gasteiger partial charge in [0.2, 0.25) is 0 Å². The van der Waals surface area contributed by atoms with Crippen LogP contribution in [0.1, 0.15) is 23.5 Å². The molecule has 1 aliphatic rings. The first-order valence-electron chi connectivity index (χ1n) is 8.13. The van der Waals surface area contributed by atoms with Gasteiger partial charge >= 0.3 is 0 Å². The molecule has 2 atom stereocenters. The van der Waals surface area contributed by atoms with Crippen LogP contribution in [-0.4, -0.2) is 31.6 Å². The minimum absolute atomic E-state index is 0.433. The molecule has 1 heterocycles. The molecule has 0 N–H and O–H groups in total. The zero-order valence-corrected chi connectivity index (χ0v) is 13.5. The van der Waals surface area contributed by atoms with Crippen molar-refractivity contribution in [2.45, 2.75) is 12.3 Å². The van der Waals surface area contributed by atoms with Crippen molar-refractivity contribution in [3.63, 3.8) is 0 Å². The lowest BCUT2D eigenvalue weighted by atomic mass is 9.81. The minimum Gasteiger partial charge on any atom is -0.492 e. The maximum absolute atomic E-state index is 9.19. The number of likely N-dealkylation sites (tertiary alicyclic amines) is 1. The number of piperidine rings is 1. The van der Waals surface area contributed by atoms with Crippen LogP contribution in [0.3, 0.4) is 0 Å². The molecule has 118 valence electrons. The molecule has 2 aromatic rings. The van der Waals surface area contributed by atoms with Crippen molar-refractivity contribution >= 4 is 0 Å². The first kappa shape index (κ1) is 15.6. The van der Waals surface area contributed by atoms with Crippen molar-refractivity contribution in [2.75, 3.05) is 26.7 Å². The van der Waals surface area contributed by atoms with Gasteiger partial charge in [-0.05, 0) is 43.6 Å². The third kappa shape index (κ3) is 3.72. The second kappa shape index (κ2) is 7.30. The summed E-state index contributed by atoms with van der Waals surface area (Å²) < 4.78 is 6.02. The SMILES string of the molecule is CN1CC[C@H](c2ccccc2)[C@@H](COc2ccccc2C#N)C1. The average Bonchev–Trinajstić information content (AvgIpc) is 2.61. The number of ether oxygens (including phenoxy) is 1. The summed E-state index contributed by atoms with van der Waals surface area (Å²) in [5.41, 5.74) is 2.00. The van der Waals surface area contributed by atoms with Crippen molar-refractivity contribution in [2.24, 2.45) is 5.92 Å². The van der Waals surface area contributed by atoms with Crippen molar-refractivity contribution < 1.29 is 4.74 Å². The van der Waals surface area contributed by atoms with E-state index in [9.17, 15) is 5.26 Å². The highest BCUT2D eigenvalue weighted by molar-refractivity contribution is 5.42. The topological polar surface area (TPSA) is 36.3 Å². The second-order valence-electron chi connectivity index (χ2n) is 6.25. The average molecular weight is 306 g/mol. The highest BCUT2D eigenvalue weighted by Crippen LogP contribution is 2.33. The smallest absolute Gasteiger partial charge is 0.137 e. The zero-order valence-electron chi connectivity index (χ0n) is 13.5. The highest BCUT2D eigenvalue weighted by Gasteiger charge is 2.29. The molecule has 0 amide bonds. The quantitative estimate of drug-likeness (QED) is 0.864. The van der Waals surface area contributed by atoms with Crippen molar-refractivity contribution in [3.8, 4) is 11.8 Å². The van der Waals surface area contributed by atoms with Crippen LogP contribution in [0.15, 0.2) is 54.6 Å². The molecule has 3 rings (SSSR count). The number of rotatable bonds is 4. The number of nitriles is 1. The zero-order chi connectivity index (χ0) is 16.1. The normalized spacial score (nSPS) is 21.6. The lowest BCUT2D eigenvalue weighted by Gasteiger charge is -2.37. The summed E-state index contributed by atoms with van der Waals surface area (Å²) in [5.74, 6) is 1.64. The van der Waals surface area contributed by atoms with Crippen LogP contribution in [0.5, 0.6) is 5.75 Å². The molecular formula is C20H22N2O. The van der Waals surface area contributed by atoms with E-state index in [2.05, 4.69) is 48.3 Å². The Hall–Kier alpha value is -2.31. The Bertz CT molecular complexity index is 678. The summed E-state index contributed by atoms with van der Waals surface area (Å²) in [4.78, 5) is 2.36. The first-order chi connectivity index (χ1) is 11.3. The number of hydrogen-bond donors (Lipinski definition) is 0. The van der Waals surface area contributed by atoms with E-state index in [-0.39, 0.29) is 0 Å². The molecule has 1 saturated heterocycles. The van der Waals surface area contributed by atoms with Gasteiger partial charge in [-0.2, -0.15) is 5.26 Å². The Morgan fingerprint density at radius 2 is 1.87 bits per heavy atom. The maximum Gasteiger partial charge on any atom is 0.137 e. The third-order valence-corrected chi connectivity index (χ3v) is 4.63. The van der Waals surface area contributed by atoms with E-state index in [4.69, 9.17) is 4.74 Å². The molecule has 3 nitrogen and oxygen atoms in total. The van der Waals surface area contributed by atoms with Gasteiger partial charge in [-0.15, -0.1) is 0 Å². The van der Waals surface area contributed by atoms with Gasteiger partial charge in [-0.1, -0.05) is 42.5 Å². The van der Waals surface area contributed by atoms with Gasteiger partial charge < -0.3 is 9.64 Å². The maximum atomic E-state index is 9.19. The van der Waals surface area contributed by atoms with E-state index in [1.807, 2.05) is 18.2 Å². The molecule has 0 saturated carbocycles. The van der Waals surface area contributed by atoms with Gasteiger partial charge in [0, 0.05) is 12.5 Å². The molecular weight excluding hydrogens is 284 g/mol. The van der Waals surface area contributed by atoms with Crippen LogP contribution in [0.2, 0.25) is 0 Å². The number of benzene rings is 2. The Kier molecular flexibility index (Phi) is 4.95. The summed E-state index contributed by atoms with van der Waals surface area (Å²) in [6.45, 7) is 2.78. The summed E-state index contributed by atoms with van der Waals surface area (Å²) >= 11 is 0. The van der Waals surface area contributed by atoms with Crippen LogP contribution in [0, 0.1) is 17.2 Å². The van der Waals surface area contributed by atoms with E-state index in [1.165, 1.54) is 5.56 Å². The van der Waals surface area contributed by atoms with Crippen LogP contribution in [-0.2, 0) is 0 Å². The molecule has 0 aliphatic carbocycles. The molecule has 0 spiro atoms. The van der Waals surface area contributed by atoms with Gasteiger partial charge in [-0.25, -0.2) is 0 Å². The van der Waals surface area contributed by atoms with Gasteiger partial charge in [0.15, 0.2) is 0 Å². The number of para-hydroxylation sites is 1. The second-order valence-corrected chi connectivity index (χ2v) is 6.25. The van der Waals surface area contributed by atoms with E-state index >= 15 is 0 Å². The Morgan fingerprint density at radius 1 is 1.13 bits per heavy atom. The van der Waals surface area contributed by atoms with Crippen molar-refractivity contribution in [1.29, 1.82) is 5.26 Å². The molecule has 2 aromatic carbocycles. The molecule has 23 heavy (non-hydrogen) atoms. The monoisotopic (exact) mass is 306 g/mol. The van der Waals surface area contributed by atoms with Crippen LogP contribution < -0.4 is 4.74 Å². The molecule has 1 fully saturated rings. The van der Waals surface area contributed by atoms with Gasteiger partial charge in [0.1, 0.15) is 11.8 Å². The summed E-state index contributed by atoms with van der Waals surface area (Å²) in [5, 5.41) is 9.19. The number of hydrogen-bond acceptors (Lipinski definition) is 3. The highest BCUT2D eigenvalue weighted by atomic mass is 16.5. The fourth-order valence-corrected chi connectivity index (χ4v) is 3.40. The van der Waals surface area contributed by atoms with Crippen molar-refractivity contribution in [1.82, 2.24) is 4.90 Å². The predicted molar refractivity (Wildman–Crippen MR) is 91.4 cm³/mol. The number of nitrogens with zero attached hydrogens (tertiary/aromatic N) is 2. The molecule has 0 bridgehead atoms. The van der Waals surface area contributed by atoms with Crippen LogP contribution in [0.25, 0.3) is 0 Å². The predicted octanol–water partition coefficient (Wildman–Crippen LogP) is 3.67. The molecule has 1 aliphatic heterocycles. The van der Waals surface area contributed by atoms with Crippen molar-refractivity contribution in [3.05, 3.63) is 65.7 Å². The van der Waals surface area contributed by atoms with Gasteiger partial charge in [0.05, 0.1) is 12.2 Å². The fraction of sp³-hybridized carbons (Fsp3) is 0.350. The Morgan fingerprint density at radius 3 is 2.65 bits per heavy atom. The standard InChI is InChI=1S/C20H22N2O/c1-22-12-11-19(16-7-3-2-4-8-16)18(14-22)15-23-20-10-6-5-9-17(20)13-21/h2-10,18-19H,11-12,14-15H2,1H3/t18-,19-/m1/s1. The van der Waals surface area contributed by atoms with Gasteiger partial charge in [0.25, 0.3) is 0 Å². The minimum atomic E-state index is 0.433. The Labute approximate surface area is 138 Å². The van der Waals surface area contributed by atoms with E-state index in [0.717, 1.165) is 19.5 Å². The summed E-state index contributed by atoms with van der Waals surface area (Å²) in [6.07, 6.45) is 1.15. The molecule has 0 unspecified atom stereocenters. The lowest BCUT2D eigenvalue weighted by molar-refractivity contribution is 0.129. The van der Waals surface area contributed by atoms with Crippen LogP contribution >= 0.6 is 0 Å². The van der Waals surface area contributed by atoms with E-state index < -0.39 is 0 Å². The van der Waals surface area contributed by atoms with E-state index in [1.54, 1.807) is 6.07 Å². The molecule has 0 radical (unpaired) electrons. The van der Waals surface area contributed by atoms with Crippen LogP contribution in [0.4, 0.5) is 0 Å². The first-order valence-corrected chi connectivity index (χ1v) is 8.13. The largest absolute Gasteiger partial charge is 0.492 e. The molecule has 0 aromatic heterocycles. The Balaban J connectivity index is 1.74. The van der Waals surface area contributed by atoms with Gasteiger partial charge in [-0.3, -0.25) is 0 Å². The lowest BCUT2D eigenvalue weighted by Crippen LogP contribution is -2.39.